The van der Waals surface area contributed by atoms with Crippen molar-refractivity contribution in [2.24, 2.45) is 0 Å². The smallest absolute Gasteiger partial charge is 0.126 e. The summed E-state index contributed by atoms with van der Waals surface area (Å²) < 4.78 is 31.2. The minimum absolute atomic E-state index is 0.233. The van der Waals surface area contributed by atoms with Gasteiger partial charge in [0.25, 0.3) is 0 Å². The first-order valence-electron chi connectivity index (χ1n) is 5.86. The van der Waals surface area contributed by atoms with Crippen molar-refractivity contribution in [2.75, 3.05) is 33.4 Å². The fourth-order valence-corrected chi connectivity index (χ4v) is 2.34. The highest BCUT2D eigenvalue weighted by atomic mass is 19.1. The molecule has 1 aromatic rings. The molecule has 0 N–H and O–H groups in total. The molecule has 1 heterocycles. The Morgan fingerprint density at radius 1 is 1.29 bits per heavy atom. The molecule has 0 amide bonds. The number of halogens is 2. The van der Waals surface area contributed by atoms with E-state index in [1.807, 2.05) is 0 Å². The first kappa shape index (κ1) is 12.5. The summed E-state index contributed by atoms with van der Waals surface area (Å²) in [6, 6.07) is 3.79. The van der Waals surface area contributed by atoms with Gasteiger partial charge in [0.1, 0.15) is 11.6 Å². The molecule has 0 aliphatic carbocycles. The largest absolute Gasteiger partial charge is 0.383 e. The normalized spacial score (nSPS) is 21.0. The molecular weight excluding hydrogens is 224 g/mol. The lowest BCUT2D eigenvalue weighted by atomic mass is 9.98. The van der Waals surface area contributed by atoms with Gasteiger partial charge in [-0.25, -0.2) is 8.78 Å². The summed E-state index contributed by atoms with van der Waals surface area (Å²) in [5, 5.41) is 0. The Morgan fingerprint density at radius 2 is 2.00 bits per heavy atom. The molecule has 1 aromatic carbocycles. The lowest BCUT2D eigenvalue weighted by Gasteiger charge is -2.15. The molecule has 0 spiro atoms. The van der Waals surface area contributed by atoms with Gasteiger partial charge in [0.2, 0.25) is 0 Å². The van der Waals surface area contributed by atoms with Crippen LogP contribution in [0.2, 0.25) is 0 Å². The Kier molecular flexibility index (Phi) is 4.07. The van der Waals surface area contributed by atoms with Crippen LogP contribution in [0.5, 0.6) is 0 Å². The van der Waals surface area contributed by atoms with Gasteiger partial charge < -0.3 is 9.64 Å². The van der Waals surface area contributed by atoms with Gasteiger partial charge in [0, 0.05) is 26.3 Å². The molecule has 0 unspecified atom stereocenters. The van der Waals surface area contributed by atoms with E-state index in [9.17, 15) is 8.78 Å². The Hall–Kier alpha value is -1.00. The molecule has 17 heavy (non-hydrogen) atoms. The summed E-state index contributed by atoms with van der Waals surface area (Å²) in [7, 11) is 1.68. The number of methoxy groups -OCH3 is 1. The second-order valence-electron chi connectivity index (χ2n) is 4.48. The van der Waals surface area contributed by atoms with Crippen molar-refractivity contribution in [1.29, 1.82) is 0 Å². The van der Waals surface area contributed by atoms with Crippen LogP contribution in [0.25, 0.3) is 0 Å². The van der Waals surface area contributed by atoms with Gasteiger partial charge in [-0.05, 0) is 36.6 Å². The fraction of sp³-hybridized carbons (Fsp3) is 0.538. The molecule has 0 aromatic heterocycles. The molecule has 1 aliphatic rings. The second kappa shape index (κ2) is 5.56. The number of hydrogen-bond acceptors (Lipinski definition) is 2. The highest BCUT2D eigenvalue weighted by Gasteiger charge is 2.24. The molecule has 4 heteroatoms. The maximum Gasteiger partial charge on any atom is 0.126 e. The molecule has 1 fully saturated rings. The van der Waals surface area contributed by atoms with Crippen LogP contribution >= 0.6 is 0 Å². The van der Waals surface area contributed by atoms with Crippen molar-refractivity contribution in [3.63, 3.8) is 0 Å². The van der Waals surface area contributed by atoms with Crippen LogP contribution in [-0.2, 0) is 4.74 Å². The number of likely N-dealkylation sites (tertiary alicyclic amines) is 1. The van der Waals surface area contributed by atoms with E-state index in [0.29, 0.717) is 6.61 Å². The van der Waals surface area contributed by atoms with E-state index in [1.165, 1.54) is 12.1 Å². The van der Waals surface area contributed by atoms with Crippen molar-refractivity contribution in [1.82, 2.24) is 4.90 Å². The summed E-state index contributed by atoms with van der Waals surface area (Å²) in [5.41, 5.74) is 0.766. The SMILES string of the molecule is COCCN1CC[C@H](c2cc(F)cc(F)c2)C1. The Bertz CT molecular complexity index is 363. The standard InChI is InChI=1S/C13H17F2NO/c1-17-5-4-16-3-2-10(9-16)11-6-12(14)8-13(15)7-11/h6-8,10H,2-5,9H2,1H3/t10-/m0/s1. The predicted molar refractivity (Wildman–Crippen MR) is 62.0 cm³/mol. The molecule has 2 rings (SSSR count). The fourth-order valence-electron chi connectivity index (χ4n) is 2.34. The van der Waals surface area contributed by atoms with Crippen molar-refractivity contribution in [3.8, 4) is 0 Å². The van der Waals surface area contributed by atoms with E-state index >= 15 is 0 Å². The topological polar surface area (TPSA) is 12.5 Å². The van der Waals surface area contributed by atoms with Gasteiger partial charge in [-0.3, -0.25) is 0 Å². The van der Waals surface area contributed by atoms with Crippen LogP contribution in [0.1, 0.15) is 17.9 Å². The molecule has 1 saturated heterocycles. The van der Waals surface area contributed by atoms with Crippen LogP contribution in [0.4, 0.5) is 8.78 Å². The maximum atomic E-state index is 13.1. The average molecular weight is 241 g/mol. The van der Waals surface area contributed by atoms with E-state index in [0.717, 1.165) is 37.7 Å². The summed E-state index contributed by atoms with van der Waals surface area (Å²) >= 11 is 0. The minimum atomic E-state index is -0.490. The zero-order valence-electron chi connectivity index (χ0n) is 9.96. The zero-order valence-corrected chi connectivity index (χ0v) is 9.96. The van der Waals surface area contributed by atoms with Crippen LogP contribution in [-0.4, -0.2) is 38.3 Å². The van der Waals surface area contributed by atoms with Gasteiger partial charge in [-0.15, -0.1) is 0 Å². The quantitative estimate of drug-likeness (QED) is 0.802. The first-order valence-corrected chi connectivity index (χ1v) is 5.86. The number of hydrogen-bond donors (Lipinski definition) is 0. The number of benzene rings is 1. The molecule has 94 valence electrons. The van der Waals surface area contributed by atoms with Gasteiger partial charge in [-0.1, -0.05) is 0 Å². The van der Waals surface area contributed by atoms with Crippen molar-refractivity contribution < 1.29 is 13.5 Å². The Morgan fingerprint density at radius 3 is 2.65 bits per heavy atom. The third-order valence-corrected chi connectivity index (χ3v) is 3.24. The van der Waals surface area contributed by atoms with Crippen molar-refractivity contribution >= 4 is 0 Å². The van der Waals surface area contributed by atoms with Crippen molar-refractivity contribution in [3.05, 3.63) is 35.4 Å². The van der Waals surface area contributed by atoms with E-state index in [-0.39, 0.29) is 5.92 Å². The molecule has 0 radical (unpaired) electrons. The lowest BCUT2D eigenvalue weighted by Crippen LogP contribution is -2.24. The molecule has 1 atom stereocenters. The van der Waals surface area contributed by atoms with E-state index in [4.69, 9.17) is 4.74 Å². The van der Waals surface area contributed by atoms with E-state index in [1.54, 1.807) is 7.11 Å². The van der Waals surface area contributed by atoms with Crippen LogP contribution in [0.15, 0.2) is 18.2 Å². The van der Waals surface area contributed by atoms with Gasteiger partial charge in [-0.2, -0.15) is 0 Å². The van der Waals surface area contributed by atoms with Crippen LogP contribution < -0.4 is 0 Å². The first-order chi connectivity index (χ1) is 8.19. The number of ether oxygens (including phenoxy) is 1. The second-order valence-corrected chi connectivity index (χ2v) is 4.48. The van der Waals surface area contributed by atoms with Crippen LogP contribution in [0.3, 0.4) is 0 Å². The van der Waals surface area contributed by atoms with Gasteiger partial charge in [0.05, 0.1) is 6.61 Å². The van der Waals surface area contributed by atoms with Crippen molar-refractivity contribution in [2.45, 2.75) is 12.3 Å². The maximum absolute atomic E-state index is 13.1. The molecule has 0 bridgehead atoms. The molecule has 0 saturated carbocycles. The zero-order chi connectivity index (χ0) is 12.3. The number of nitrogens with zero attached hydrogens (tertiary/aromatic N) is 1. The molecule has 1 aliphatic heterocycles. The highest BCUT2D eigenvalue weighted by molar-refractivity contribution is 5.23. The van der Waals surface area contributed by atoms with Crippen LogP contribution in [0, 0.1) is 11.6 Å². The summed E-state index contributed by atoms with van der Waals surface area (Å²) in [6.07, 6.45) is 0.951. The molecular formula is C13H17F2NO. The average Bonchev–Trinajstić information content (AvgIpc) is 2.73. The van der Waals surface area contributed by atoms with Gasteiger partial charge in [0.15, 0.2) is 0 Å². The van der Waals surface area contributed by atoms with Gasteiger partial charge >= 0.3 is 0 Å². The predicted octanol–water partition coefficient (Wildman–Crippen LogP) is 2.40. The Balaban J connectivity index is 1.99. The molecule has 2 nitrogen and oxygen atoms in total. The summed E-state index contributed by atoms with van der Waals surface area (Å²) in [4.78, 5) is 2.26. The Labute approximate surface area is 100 Å². The summed E-state index contributed by atoms with van der Waals surface area (Å²) in [5.74, 6) is -0.747. The minimum Gasteiger partial charge on any atom is -0.383 e. The number of rotatable bonds is 4. The third kappa shape index (κ3) is 3.23. The monoisotopic (exact) mass is 241 g/mol. The third-order valence-electron chi connectivity index (χ3n) is 3.24. The highest BCUT2D eigenvalue weighted by Crippen LogP contribution is 2.27. The summed E-state index contributed by atoms with van der Waals surface area (Å²) in [6.45, 7) is 3.40. The van der Waals surface area contributed by atoms with E-state index < -0.39 is 11.6 Å². The lowest BCUT2D eigenvalue weighted by molar-refractivity contribution is 0.160. The van der Waals surface area contributed by atoms with E-state index in [2.05, 4.69) is 4.90 Å².